The first-order valence-electron chi connectivity index (χ1n) is 7.67. The molecule has 0 bridgehead atoms. The summed E-state index contributed by atoms with van der Waals surface area (Å²) in [7, 11) is 0. The van der Waals surface area contributed by atoms with Gasteiger partial charge >= 0.3 is 5.69 Å². The molecular formula is C17H15ClN6O2. The molecule has 3 aromatic rings. The summed E-state index contributed by atoms with van der Waals surface area (Å²) in [5.41, 5.74) is 2.04. The molecule has 3 rings (SSSR count). The van der Waals surface area contributed by atoms with Gasteiger partial charge in [0.25, 0.3) is 0 Å². The van der Waals surface area contributed by atoms with Crippen molar-refractivity contribution in [2.24, 2.45) is 0 Å². The summed E-state index contributed by atoms with van der Waals surface area (Å²) in [6, 6.07) is 8.88. The number of aromatic nitrogens is 3. The van der Waals surface area contributed by atoms with E-state index in [1.54, 1.807) is 24.4 Å². The largest absolute Gasteiger partial charge is 0.353 e. The van der Waals surface area contributed by atoms with Crippen LogP contribution in [0, 0.1) is 24.0 Å². The van der Waals surface area contributed by atoms with Gasteiger partial charge in [0.05, 0.1) is 4.92 Å². The second kappa shape index (κ2) is 7.32. The van der Waals surface area contributed by atoms with Crippen LogP contribution in [0.15, 0.2) is 42.9 Å². The number of anilines is 4. The zero-order valence-corrected chi connectivity index (χ0v) is 14.8. The van der Waals surface area contributed by atoms with Gasteiger partial charge in [-0.2, -0.15) is 0 Å². The molecule has 0 radical (unpaired) electrons. The van der Waals surface area contributed by atoms with E-state index in [1.807, 2.05) is 26.0 Å². The summed E-state index contributed by atoms with van der Waals surface area (Å²) in [6.45, 7) is 3.71. The summed E-state index contributed by atoms with van der Waals surface area (Å²) >= 11 is 6.11. The molecule has 8 nitrogen and oxygen atoms in total. The average molecular weight is 371 g/mol. The summed E-state index contributed by atoms with van der Waals surface area (Å²) in [6.07, 6.45) is 2.83. The Morgan fingerprint density at radius 1 is 1.00 bits per heavy atom. The molecule has 2 heterocycles. The van der Waals surface area contributed by atoms with Crippen molar-refractivity contribution in [1.29, 1.82) is 0 Å². The van der Waals surface area contributed by atoms with Crippen LogP contribution in [-0.2, 0) is 0 Å². The number of hydrogen-bond acceptors (Lipinski definition) is 7. The van der Waals surface area contributed by atoms with Gasteiger partial charge in [-0.05, 0) is 43.2 Å². The molecule has 0 aliphatic heterocycles. The van der Waals surface area contributed by atoms with Crippen LogP contribution in [0.4, 0.5) is 28.8 Å². The molecule has 2 aromatic heterocycles. The molecule has 0 aliphatic rings. The molecule has 0 unspecified atom stereocenters. The predicted molar refractivity (Wildman–Crippen MR) is 100 cm³/mol. The first-order valence-corrected chi connectivity index (χ1v) is 8.04. The number of nitrogens with zero attached hydrogens (tertiary/aromatic N) is 4. The van der Waals surface area contributed by atoms with E-state index in [4.69, 9.17) is 11.6 Å². The topological polar surface area (TPSA) is 106 Å². The van der Waals surface area contributed by atoms with Crippen LogP contribution in [0.2, 0.25) is 5.02 Å². The molecule has 0 saturated heterocycles. The Kier molecular flexibility index (Phi) is 4.94. The summed E-state index contributed by atoms with van der Waals surface area (Å²) in [5.74, 6) is 0.590. The van der Waals surface area contributed by atoms with E-state index in [2.05, 4.69) is 25.6 Å². The first kappa shape index (κ1) is 17.6. The molecule has 0 saturated carbocycles. The fraction of sp³-hybridized carbons (Fsp3) is 0.118. The van der Waals surface area contributed by atoms with Crippen molar-refractivity contribution >= 4 is 40.4 Å². The molecule has 2 N–H and O–H groups in total. The highest BCUT2D eigenvalue weighted by Gasteiger charge is 2.24. The van der Waals surface area contributed by atoms with Crippen LogP contribution < -0.4 is 10.6 Å². The van der Waals surface area contributed by atoms with Crippen molar-refractivity contribution in [3.63, 3.8) is 0 Å². The van der Waals surface area contributed by atoms with Crippen molar-refractivity contribution in [3.05, 3.63) is 69.1 Å². The summed E-state index contributed by atoms with van der Waals surface area (Å²) < 4.78 is 0. The number of pyridine rings is 1. The molecular weight excluding hydrogens is 356 g/mol. The van der Waals surface area contributed by atoms with Crippen LogP contribution in [0.25, 0.3) is 0 Å². The minimum absolute atomic E-state index is 0.0486. The molecule has 0 atom stereocenters. The van der Waals surface area contributed by atoms with E-state index < -0.39 is 4.92 Å². The quantitative estimate of drug-likeness (QED) is 0.501. The van der Waals surface area contributed by atoms with Gasteiger partial charge in [-0.1, -0.05) is 23.7 Å². The second-order valence-electron chi connectivity index (χ2n) is 5.56. The van der Waals surface area contributed by atoms with Crippen molar-refractivity contribution in [2.45, 2.75) is 13.8 Å². The van der Waals surface area contributed by atoms with Gasteiger partial charge in [0, 0.05) is 16.9 Å². The van der Waals surface area contributed by atoms with E-state index in [9.17, 15) is 10.1 Å². The van der Waals surface area contributed by atoms with Gasteiger partial charge in [-0.25, -0.2) is 15.0 Å². The van der Waals surface area contributed by atoms with E-state index in [1.165, 1.54) is 6.33 Å². The lowest BCUT2D eigenvalue weighted by Crippen LogP contribution is -2.06. The SMILES string of the molecule is Cc1ccc(Nc2ncnc(Nc3ncccc3C)c2[N+](=O)[O-])cc1Cl. The fourth-order valence-electron chi connectivity index (χ4n) is 2.27. The number of halogens is 1. The van der Waals surface area contributed by atoms with Gasteiger partial charge in [0.2, 0.25) is 11.6 Å². The smallest absolute Gasteiger partial charge is 0.334 e. The van der Waals surface area contributed by atoms with Gasteiger partial charge in [-0.3, -0.25) is 10.1 Å². The Labute approximate surface area is 154 Å². The van der Waals surface area contributed by atoms with Gasteiger partial charge in [-0.15, -0.1) is 0 Å². The maximum Gasteiger partial charge on any atom is 0.353 e. The number of nitro groups is 1. The molecule has 0 fully saturated rings. The summed E-state index contributed by atoms with van der Waals surface area (Å²) in [4.78, 5) is 23.3. The number of hydrogen-bond donors (Lipinski definition) is 2. The van der Waals surface area contributed by atoms with E-state index in [0.717, 1.165) is 11.1 Å². The fourth-order valence-corrected chi connectivity index (χ4v) is 2.45. The molecule has 1 aromatic carbocycles. The predicted octanol–water partition coefficient (Wildman–Crippen LogP) is 4.54. The highest BCUT2D eigenvalue weighted by molar-refractivity contribution is 6.31. The molecule has 0 amide bonds. The van der Waals surface area contributed by atoms with Crippen LogP contribution in [0.5, 0.6) is 0 Å². The number of rotatable bonds is 5. The van der Waals surface area contributed by atoms with Gasteiger partial charge < -0.3 is 10.6 Å². The lowest BCUT2D eigenvalue weighted by molar-refractivity contribution is -0.383. The van der Waals surface area contributed by atoms with Crippen LogP contribution in [0.1, 0.15) is 11.1 Å². The average Bonchev–Trinajstić information content (AvgIpc) is 2.60. The van der Waals surface area contributed by atoms with E-state index in [0.29, 0.717) is 16.5 Å². The van der Waals surface area contributed by atoms with Crippen molar-refractivity contribution in [3.8, 4) is 0 Å². The Morgan fingerprint density at radius 3 is 2.38 bits per heavy atom. The standard InChI is InChI=1S/C17H15ClN6O2/c1-10-5-6-12(8-13(10)18)22-16-14(24(25)26)17(21-9-20-16)23-15-11(2)4-3-7-19-15/h3-9H,1-2H3,(H2,19,20,21,22,23). The molecule has 26 heavy (non-hydrogen) atoms. The lowest BCUT2D eigenvalue weighted by atomic mass is 10.2. The highest BCUT2D eigenvalue weighted by atomic mass is 35.5. The van der Waals surface area contributed by atoms with E-state index >= 15 is 0 Å². The Bertz CT molecular complexity index is 979. The number of nitrogens with one attached hydrogen (secondary N) is 2. The Morgan fingerprint density at radius 2 is 1.73 bits per heavy atom. The number of benzene rings is 1. The minimum atomic E-state index is -0.543. The third kappa shape index (κ3) is 3.70. The van der Waals surface area contributed by atoms with E-state index in [-0.39, 0.29) is 17.3 Å². The maximum absolute atomic E-state index is 11.6. The van der Waals surface area contributed by atoms with Gasteiger partial charge in [0.15, 0.2) is 0 Å². The van der Waals surface area contributed by atoms with Crippen molar-refractivity contribution < 1.29 is 4.92 Å². The Hall–Kier alpha value is -3.26. The van der Waals surface area contributed by atoms with Crippen molar-refractivity contribution in [1.82, 2.24) is 15.0 Å². The zero-order chi connectivity index (χ0) is 18.7. The molecule has 9 heteroatoms. The third-order valence-electron chi connectivity index (χ3n) is 3.69. The lowest BCUT2D eigenvalue weighted by Gasteiger charge is -2.11. The first-order chi connectivity index (χ1) is 12.5. The highest BCUT2D eigenvalue weighted by Crippen LogP contribution is 2.33. The van der Waals surface area contributed by atoms with Crippen LogP contribution >= 0.6 is 11.6 Å². The van der Waals surface area contributed by atoms with Crippen LogP contribution in [-0.4, -0.2) is 19.9 Å². The molecule has 0 aliphatic carbocycles. The second-order valence-corrected chi connectivity index (χ2v) is 5.97. The van der Waals surface area contributed by atoms with Gasteiger partial charge in [0.1, 0.15) is 12.1 Å². The third-order valence-corrected chi connectivity index (χ3v) is 4.09. The molecule has 132 valence electrons. The number of aryl methyl sites for hydroxylation is 2. The Balaban J connectivity index is 1.99. The van der Waals surface area contributed by atoms with Crippen LogP contribution in [0.3, 0.4) is 0 Å². The minimum Gasteiger partial charge on any atom is -0.334 e. The molecule has 0 spiro atoms. The van der Waals surface area contributed by atoms with Crippen molar-refractivity contribution in [2.75, 3.05) is 10.6 Å². The zero-order valence-electron chi connectivity index (χ0n) is 14.0. The monoisotopic (exact) mass is 370 g/mol. The normalized spacial score (nSPS) is 10.4. The maximum atomic E-state index is 11.6. The summed E-state index contributed by atoms with van der Waals surface area (Å²) in [5, 5.41) is 18.0.